The Kier molecular flexibility index (Phi) is 6.22. The number of likely N-dealkylation sites (tertiary alicyclic amines) is 1. The summed E-state index contributed by atoms with van der Waals surface area (Å²) in [4.78, 5) is 19.1. The lowest BCUT2D eigenvalue weighted by Gasteiger charge is -2.38. The molecule has 30 heavy (non-hydrogen) atoms. The van der Waals surface area contributed by atoms with Gasteiger partial charge in [0.1, 0.15) is 17.2 Å². The number of hydrogen-bond acceptors (Lipinski definition) is 6. The van der Waals surface area contributed by atoms with E-state index in [1.165, 1.54) is 0 Å². The fourth-order valence-electron chi connectivity index (χ4n) is 3.95. The summed E-state index contributed by atoms with van der Waals surface area (Å²) < 4.78 is 5.63. The second-order valence-electron chi connectivity index (χ2n) is 8.77. The highest BCUT2D eigenvalue weighted by atomic mass is 16.6. The van der Waals surface area contributed by atoms with E-state index in [2.05, 4.69) is 4.98 Å². The quantitative estimate of drug-likeness (QED) is 0.681. The summed E-state index contributed by atoms with van der Waals surface area (Å²) in [6, 6.07) is 8.41. The predicted octanol–water partition coefficient (Wildman–Crippen LogP) is 4.55. The Bertz CT molecular complexity index is 921. The predicted molar refractivity (Wildman–Crippen MR) is 116 cm³/mol. The zero-order valence-electron chi connectivity index (χ0n) is 18.1. The number of carbonyl (C=O) groups is 1. The van der Waals surface area contributed by atoms with Crippen LogP contribution < -0.4 is 5.73 Å². The smallest absolute Gasteiger partial charge is 0.410 e. The third kappa shape index (κ3) is 4.67. The summed E-state index contributed by atoms with van der Waals surface area (Å²) in [5.74, 6) is 0.281. The zero-order valence-corrected chi connectivity index (χ0v) is 18.1. The summed E-state index contributed by atoms with van der Waals surface area (Å²) in [7, 11) is 0. The van der Waals surface area contributed by atoms with Gasteiger partial charge in [0.05, 0.1) is 17.8 Å². The third-order valence-electron chi connectivity index (χ3n) is 5.21. The van der Waals surface area contributed by atoms with Crippen molar-refractivity contribution in [3.8, 4) is 17.0 Å². The molecule has 0 saturated carbocycles. The van der Waals surface area contributed by atoms with Crippen LogP contribution in [0, 0.1) is 0 Å². The number of amides is 1. The van der Waals surface area contributed by atoms with Crippen molar-refractivity contribution in [3.05, 3.63) is 41.5 Å². The second-order valence-corrected chi connectivity index (χ2v) is 8.77. The molecule has 7 heteroatoms. The van der Waals surface area contributed by atoms with E-state index in [-0.39, 0.29) is 23.7 Å². The number of aliphatic hydroxyl groups is 1. The number of nitrogen functional groups attached to an aromatic ring is 1. The van der Waals surface area contributed by atoms with Gasteiger partial charge in [-0.15, -0.1) is 0 Å². The summed E-state index contributed by atoms with van der Waals surface area (Å²) in [5, 5.41) is 20.7. The molecular weight excluding hydrogens is 382 g/mol. The van der Waals surface area contributed by atoms with Gasteiger partial charge in [0.2, 0.25) is 0 Å². The Morgan fingerprint density at radius 3 is 2.63 bits per heavy atom. The Morgan fingerprint density at radius 2 is 2.00 bits per heavy atom. The van der Waals surface area contributed by atoms with Gasteiger partial charge in [-0.1, -0.05) is 12.1 Å². The fraction of sp³-hybridized carbons (Fsp3) is 0.478. The minimum Gasteiger partial charge on any atom is -0.507 e. The molecule has 1 amide bonds. The number of phenolic OH excluding ortho intramolecular Hbond substituents is 1. The number of rotatable bonds is 3. The summed E-state index contributed by atoms with van der Waals surface area (Å²) >= 11 is 0. The first kappa shape index (κ1) is 21.9. The van der Waals surface area contributed by atoms with Gasteiger partial charge in [-0.05, 0) is 70.7 Å². The van der Waals surface area contributed by atoms with Crippen LogP contribution in [0.2, 0.25) is 0 Å². The van der Waals surface area contributed by atoms with Crippen LogP contribution in [0.15, 0.2) is 30.3 Å². The fourth-order valence-corrected chi connectivity index (χ4v) is 3.95. The maximum Gasteiger partial charge on any atom is 0.410 e. The van der Waals surface area contributed by atoms with Crippen LogP contribution in [-0.4, -0.2) is 38.3 Å². The molecule has 162 valence electrons. The van der Waals surface area contributed by atoms with Crippen LogP contribution >= 0.6 is 0 Å². The molecule has 3 rings (SSSR count). The number of phenols is 1. The Labute approximate surface area is 177 Å². The standard InChI is InChI=1S/C23H31N3O4/c1-14(27)20-16(13-17(25-21(20)24)15-9-5-6-11-19(15)28)18-10-7-8-12-26(18)22(29)30-23(2,3)4/h5-6,9,11,13-14,18,27-28H,7-8,10,12H2,1-4H3,(H2,24,25). The van der Waals surface area contributed by atoms with Crippen molar-refractivity contribution in [2.24, 2.45) is 0 Å². The Hall–Kier alpha value is -2.80. The molecule has 1 aliphatic rings. The van der Waals surface area contributed by atoms with Crippen molar-refractivity contribution >= 4 is 11.9 Å². The molecule has 2 unspecified atom stereocenters. The van der Waals surface area contributed by atoms with Gasteiger partial charge in [0.25, 0.3) is 0 Å². The first-order valence-corrected chi connectivity index (χ1v) is 10.3. The number of nitrogens with two attached hydrogens (primary N) is 1. The average molecular weight is 414 g/mol. The third-order valence-corrected chi connectivity index (χ3v) is 5.21. The lowest BCUT2D eigenvalue weighted by atomic mass is 9.89. The van der Waals surface area contributed by atoms with Crippen molar-refractivity contribution in [2.45, 2.75) is 64.7 Å². The van der Waals surface area contributed by atoms with Gasteiger partial charge in [0, 0.05) is 17.7 Å². The average Bonchev–Trinajstić information content (AvgIpc) is 2.66. The lowest BCUT2D eigenvalue weighted by molar-refractivity contribution is 0.00913. The number of aromatic hydroxyl groups is 1. The van der Waals surface area contributed by atoms with Gasteiger partial charge >= 0.3 is 6.09 Å². The number of aromatic nitrogens is 1. The molecule has 1 fully saturated rings. The molecule has 1 aromatic heterocycles. The van der Waals surface area contributed by atoms with Crippen molar-refractivity contribution in [1.29, 1.82) is 0 Å². The number of ether oxygens (including phenoxy) is 1. The highest BCUT2D eigenvalue weighted by Crippen LogP contribution is 2.40. The van der Waals surface area contributed by atoms with Crippen LogP contribution in [0.5, 0.6) is 5.75 Å². The summed E-state index contributed by atoms with van der Waals surface area (Å²) in [6.45, 7) is 7.72. The molecule has 0 spiro atoms. The highest BCUT2D eigenvalue weighted by molar-refractivity contribution is 5.72. The van der Waals surface area contributed by atoms with Gasteiger partial charge in [-0.3, -0.25) is 0 Å². The van der Waals surface area contributed by atoms with Gasteiger partial charge < -0.3 is 25.6 Å². The van der Waals surface area contributed by atoms with Crippen LogP contribution in [0.1, 0.15) is 70.2 Å². The molecule has 7 nitrogen and oxygen atoms in total. The Balaban J connectivity index is 2.11. The number of benzene rings is 1. The number of aliphatic hydroxyl groups excluding tert-OH is 1. The molecule has 0 radical (unpaired) electrons. The molecular formula is C23H31N3O4. The topological polar surface area (TPSA) is 109 Å². The molecule has 1 aromatic carbocycles. The first-order chi connectivity index (χ1) is 14.1. The largest absolute Gasteiger partial charge is 0.507 e. The van der Waals surface area contributed by atoms with E-state index in [1.54, 1.807) is 30.0 Å². The van der Waals surface area contributed by atoms with E-state index in [4.69, 9.17) is 10.5 Å². The summed E-state index contributed by atoms with van der Waals surface area (Å²) in [6.07, 6.45) is 1.31. The summed E-state index contributed by atoms with van der Waals surface area (Å²) in [5.41, 5.74) is 7.94. The van der Waals surface area contributed by atoms with Crippen molar-refractivity contribution < 1.29 is 19.7 Å². The Morgan fingerprint density at radius 1 is 1.30 bits per heavy atom. The number of anilines is 1. The van der Waals surface area contributed by atoms with E-state index in [9.17, 15) is 15.0 Å². The molecule has 4 N–H and O–H groups in total. The van der Waals surface area contributed by atoms with Crippen LogP contribution in [0.4, 0.5) is 10.6 Å². The van der Waals surface area contributed by atoms with E-state index < -0.39 is 11.7 Å². The van der Waals surface area contributed by atoms with E-state index in [0.29, 0.717) is 23.4 Å². The number of hydrogen-bond donors (Lipinski definition) is 3. The number of pyridine rings is 1. The zero-order chi connectivity index (χ0) is 22.1. The van der Waals surface area contributed by atoms with E-state index in [0.717, 1.165) is 24.8 Å². The van der Waals surface area contributed by atoms with Crippen molar-refractivity contribution in [3.63, 3.8) is 0 Å². The molecule has 1 saturated heterocycles. The number of carbonyl (C=O) groups excluding carboxylic acids is 1. The minimum absolute atomic E-state index is 0.0905. The number of piperidine rings is 1. The second kappa shape index (κ2) is 8.52. The highest BCUT2D eigenvalue weighted by Gasteiger charge is 2.34. The first-order valence-electron chi connectivity index (χ1n) is 10.3. The van der Waals surface area contributed by atoms with Crippen LogP contribution in [0.3, 0.4) is 0 Å². The van der Waals surface area contributed by atoms with E-state index >= 15 is 0 Å². The number of nitrogens with zero attached hydrogens (tertiary/aromatic N) is 2. The molecule has 2 atom stereocenters. The maximum absolute atomic E-state index is 12.9. The molecule has 2 heterocycles. The van der Waals surface area contributed by atoms with Crippen LogP contribution in [0.25, 0.3) is 11.3 Å². The van der Waals surface area contributed by atoms with E-state index in [1.807, 2.05) is 32.9 Å². The van der Waals surface area contributed by atoms with Gasteiger partial charge in [-0.25, -0.2) is 9.78 Å². The maximum atomic E-state index is 12.9. The number of para-hydroxylation sites is 1. The molecule has 0 bridgehead atoms. The minimum atomic E-state index is -0.853. The molecule has 1 aliphatic heterocycles. The monoisotopic (exact) mass is 413 g/mol. The normalized spacial score (nSPS) is 18.2. The lowest BCUT2D eigenvalue weighted by Crippen LogP contribution is -2.42. The molecule has 2 aromatic rings. The SMILES string of the molecule is CC(O)c1c(C2CCCCN2C(=O)OC(C)(C)C)cc(-c2ccccc2O)nc1N. The van der Waals surface area contributed by atoms with Crippen LogP contribution in [-0.2, 0) is 4.74 Å². The van der Waals surface area contributed by atoms with Gasteiger partial charge in [0.15, 0.2) is 0 Å². The van der Waals surface area contributed by atoms with Crippen molar-refractivity contribution in [1.82, 2.24) is 9.88 Å². The molecule has 0 aliphatic carbocycles. The van der Waals surface area contributed by atoms with Crippen molar-refractivity contribution in [2.75, 3.05) is 12.3 Å². The van der Waals surface area contributed by atoms with Gasteiger partial charge in [-0.2, -0.15) is 0 Å².